The van der Waals surface area contributed by atoms with Crippen LogP contribution in [0, 0.1) is 18.3 Å². The van der Waals surface area contributed by atoms with E-state index in [1.165, 1.54) is 12.5 Å². The van der Waals surface area contributed by atoms with Crippen molar-refractivity contribution < 1.29 is 9.15 Å². The first-order valence-electron chi connectivity index (χ1n) is 11.7. The van der Waals surface area contributed by atoms with Crippen molar-refractivity contribution in [1.29, 1.82) is 5.26 Å². The Labute approximate surface area is 217 Å². The van der Waals surface area contributed by atoms with Crippen LogP contribution in [0.5, 0.6) is 11.8 Å². The van der Waals surface area contributed by atoms with Crippen molar-refractivity contribution in [3.8, 4) is 51.5 Å². The SMILES string of the molecule is Cc1ccnc(Oc2ccc(-c3c(-c4ccc(-c5cnc(C#N)o5)cc4)n(C)c4ncnc(N)c34)cc2)n1. The van der Waals surface area contributed by atoms with Gasteiger partial charge < -0.3 is 19.5 Å². The normalized spacial score (nSPS) is 11.0. The Balaban J connectivity index is 1.44. The van der Waals surface area contributed by atoms with Gasteiger partial charge in [0.25, 0.3) is 0 Å². The van der Waals surface area contributed by atoms with Gasteiger partial charge in [0.15, 0.2) is 11.8 Å². The van der Waals surface area contributed by atoms with Crippen LogP contribution in [0.15, 0.2) is 77.7 Å². The van der Waals surface area contributed by atoms with E-state index in [-0.39, 0.29) is 11.9 Å². The monoisotopic (exact) mass is 500 g/mol. The third-order valence-corrected chi connectivity index (χ3v) is 6.17. The predicted molar refractivity (Wildman–Crippen MR) is 141 cm³/mol. The summed E-state index contributed by atoms with van der Waals surface area (Å²) in [6.07, 6.45) is 4.66. The first-order valence-corrected chi connectivity index (χ1v) is 11.7. The van der Waals surface area contributed by atoms with Gasteiger partial charge in [-0.25, -0.2) is 24.9 Å². The molecular weight excluding hydrogens is 480 g/mol. The van der Waals surface area contributed by atoms with Crippen LogP contribution in [-0.4, -0.2) is 29.5 Å². The topological polar surface area (TPSA) is 142 Å². The van der Waals surface area contributed by atoms with Crippen molar-refractivity contribution in [2.75, 3.05) is 5.73 Å². The Kier molecular flexibility index (Phi) is 5.51. The molecule has 2 aromatic carbocycles. The minimum absolute atomic E-state index is 0.0236. The second-order valence-corrected chi connectivity index (χ2v) is 8.57. The molecule has 0 amide bonds. The fourth-order valence-electron chi connectivity index (χ4n) is 4.42. The zero-order valence-corrected chi connectivity index (χ0v) is 20.5. The maximum absolute atomic E-state index is 9.01. The van der Waals surface area contributed by atoms with Crippen LogP contribution in [0.2, 0.25) is 0 Å². The van der Waals surface area contributed by atoms with Gasteiger partial charge in [-0.15, -0.1) is 0 Å². The van der Waals surface area contributed by atoms with Gasteiger partial charge in [-0.2, -0.15) is 5.26 Å². The summed E-state index contributed by atoms with van der Waals surface area (Å²) in [5, 5.41) is 9.77. The van der Waals surface area contributed by atoms with Crippen LogP contribution in [-0.2, 0) is 7.05 Å². The van der Waals surface area contributed by atoms with E-state index in [0.717, 1.165) is 39.0 Å². The van der Waals surface area contributed by atoms with Gasteiger partial charge in [0.1, 0.15) is 23.5 Å². The van der Waals surface area contributed by atoms with Gasteiger partial charge in [-0.3, -0.25) is 0 Å². The number of aromatic nitrogens is 6. The first kappa shape index (κ1) is 22.9. The minimum atomic E-state index is 0.0236. The summed E-state index contributed by atoms with van der Waals surface area (Å²) in [6.45, 7) is 1.88. The molecule has 0 aliphatic heterocycles. The highest BCUT2D eigenvalue weighted by Crippen LogP contribution is 2.42. The van der Waals surface area contributed by atoms with Gasteiger partial charge in [0, 0.05) is 30.1 Å². The molecule has 0 aliphatic carbocycles. The van der Waals surface area contributed by atoms with E-state index >= 15 is 0 Å². The Hall–Kier alpha value is -5.56. The number of nitriles is 1. The van der Waals surface area contributed by atoms with E-state index < -0.39 is 0 Å². The van der Waals surface area contributed by atoms with Crippen molar-refractivity contribution in [2.45, 2.75) is 6.92 Å². The maximum atomic E-state index is 9.01. The van der Waals surface area contributed by atoms with E-state index in [0.29, 0.717) is 23.0 Å². The lowest BCUT2D eigenvalue weighted by Crippen LogP contribution is -1.95. The second kappa shape index (κ2) is 9.15. The Morgan fingerprint density at radius 3 is 2.37 bits per heavy atom. The van der Waals surface area contributed by atoms with Crippen LogP contribution in [0.4, 0.5) is 5.82 Å². The summed E-state index contributed by atoms with van der Waals surface area (Å²) in [6, 6.07) is 19.5. The molecule has 6 aromatic rings. The first-order chi connectivity index (χ1) is 18.5. The van der Waals surface area contributed by atoms with Gasteiger partial charge >= 0.3 is 11.9 Å². The number of aryl methyl sites for hydroxylation is 2. The number of ether oxygens (including phenoxy) is 1. The van der Waals surface area contributed by atoms with Crippen LogP contribution in [0.25, 0.3) is 44.7 Å². The molecular formula is C28H20N8O2. The van der Waals surface area contributed by atoms with E-state index in [2.05, 4.69) is 24.9 Å². The average Bonchev–Trinajstić information content (AvgIpc) is 3.53. The number of anilines is 1. The molecule has 10 nitrogen and oxygen atoms in total. The highest BCUT2D eigenvalue weighted by molar-refractivity contribution is 6.07. The molecule has 0 unspecified atom stereocenters. The molecule has 0 atom stereocenters. The smallest absolute Gasteiger partial charge is 0.322 e. The summed E-state index contributed by atoms with van der Waals surface area (Å²) in [4.78, 5) is 21.2. The zero-order chi connectivity index (χ0) is 26.2. The molecule has 0 saturated carbocycles. The van der Waals surface area contributed by atoms with Crippen molar-refractivity contribution in [3.05, 3.63) is 84.9 Å². The largest absolute Gasteiger partial charge is 0.428 e. The number of fused-ring (bicyclic) bond motifs is 1. The standard InChI is InChI=1S/C28H20N8O2/c1-16-11-12-31-28(35-16)37-20-9-7-18(8-10-20)23-24-26(30)33-15-34-27(24)36(2)25(23)19-5-3-17(4-6-19)21-14-32-22(13-29)38-21/h3-12,14-15H,1-2H3,(H2,30,33,34). The lowest BCUT2D eigenvalue weighted by atomic mass is 9.98. The number of benzene rings is 2. The molecule has 0 spiro atoms. The van der Waals surface area contributed by atoms with Gasteiger partial charge in [0.05, 0.1) is 17.3 Å². The van der Waals surface area contributed by atoms with E-state index in [4.69, 9.17) is 20.1 Å². The number of hydrogen-bond donors (Lipinski definition) is 1. The lowest BCUT2D eigenvalue weighted by Gasteiger charge is -2.10. The molecule has 0 aliphatic rings. The molecule has 184 valence electrons. The fraction of sp³-hybridized carbons (Fsp3) is 0.0714. The Morgan fingerprint density at radius 1 is 0.921 bits per heavy atom. The Bertz CT molecular complexity index is 1830. The van der Waals surface area contributed by atoms with Crippen molar-refractivity contribution in [1.82, 2.24) is 29.5 Å². The lowest BCUT2D eigenvalue weighted by molar-refractivity contribution is 0.440. The fourth-order valence-corrected chi connectivity index (χ4v) is 4.42. The maximum Gasteiger partial charge on any atom is 0.322 e. The number of hydrogen-bond acceptors (Lipinski definition) is 9. The van der Waals surface area contributed by atoms with Crippen LogP contribution in [0.3, 0.4) is 0 Å². The van der Waals surface area contributed by atoms with Crippen LogP contribution >= 0.6 is 0 Å². The molecule has 2 N–H and O–H groups in total. The van der Waals surface area contributed by atoms with E-state index in [1.807, 2.05) is 79.2 Å². The molecule has 4 aromatic heterocycles. The molecule has 0 bridgehead atoms. The van der Waals surface area contributed by atoms with E-state index in [1.54, 1.807) is 6.20 Å². The van der Waals surface area contributed by atoms with E-state index in [9.17, 15) is 0 Å². The minimum Gasteiger partial charge on any atom is -0.428 e. The number of nitrogens with two attached hydrogens (primary N) is 1. The average molecular weight is 501 g/mol. The molecule has 0 radical (unpaired) electrons. The summed E-state index contributed by atoms with van der Waals surface area (Å²) in [5.74, 6) is 1.55. The van der Waals surface area contributed by atoms with Crippen molar-refractivity contribution in [3.63, 3.8) is 0 Å². The number of rotatable bonds is 5. The van der Waals surface area contributed by atoms with Crippen molar-refractivity contribution >= 4 is 16.9 Å². The van der Waals surface area contributed by atoms with Gasteiger partial charge in [-0.05, 0) is 36.2 Å². The molecule has 4 heterocycles. The van der Waals surface area contributed by atoms with Crippen LogP contribution in [0.1, 0.15) is 11.6 Å². The molecule has 38 heavy (non-hydrogen) atoms. The second-order valence-electron chi connectivity index (χ2n) is 8.57. The molecule has 0 fully saturated rings. The van der Waals surface area contributed by atoms with Gasteiger partial charge in [0.2, 0.25) is 0 Å². The number of oxazole rings is 1. The summed E-state index contributed by atoms with van der Waals surface area (Å²) in [5.41, 5.74) is 12.4. The quantitative estimate of drug-likeness (QED) is 0.333. The molecule has 10 heteroatoms. The predicted octanol–water partition coefficient (Wildman–Crippen LogP) is 5.30. The third-order valence-electron chi connectivity index (χ3n) is 6.17. The summed E-state index contributed by atoms with van der Waals surface area (Å²) in [7, 11) is 1.95. The zero-order valence-electron chi connectivity index (χ0n) is 20.5. The highest BCUT2D eigenvalue weighted by atomic mass is 16.5. The summed E-state index contributed by atoms with van der Waals surface area (Å²) >= 11 is 0. The number of nitrogens with zero attached hydrogens (tertiary/aromatic N) is 7. The highest BCUT2D eigenvalue weighted by Gasteiger charge is 2.22. The van der Waals surface area contributed by atoms with Crippen LogP contribution < -0.4 is 10.5 Å². The van der Waals surface area contributed by atoms with Gasteiger partial charge in [-0.1, -0.05) is 36.4 Å². The molecule has 6 rings (SSSR count). The Morgan fingerprint density at radius 2 is 1.66 bits per heavy atom. The molecule has 0 saturated heterocycles. The summed E-state index contributed by atoms with van der Waals surface area (Å²) < 4.78 is 13.3. The third kappa shape index (κ3) is 3.98. The number of nitrogen functional groups attached to an aromatic ring is 1. The van der Waals surface area contributed by atoms with Crippen molar-refractivity contribution in [2.24, 2.45) is 7.05 Å².